The van der Waals surface area contributed by atoms with E-state index in [-0.39, 0.29) is 17.6 Å². The van der Waals surface area contributed by atoms with Gasteiger partial charge in [0, 0.05) is 37.6 Å². The quantitative estimate of drug-likeness (QED) is 0.739. The fraction of sp³-hybridized carbons (Fsp3) is 0.400. The fourth-order valence-corrected chi connectivity index (χ4v) is 3.54. The third-order valence-corrected chi connectivity index (χ3v) is 5.37. The lowest BCUT2D eigenvalue weighted by molar-refractivity contribution is -0.146. The smallest absolute Gasteiger partial charge is 0.352 e. The van der Waals surface area contributed by atoms with Gasteiger partial charge in [0.1, 0.15) is 5.82 Å². The number of aromatic nitrogens is 1. The normalized spacial score (nSPS) is 18.5. The number of rotatable bonds is 3. The Hall–Kier alpha value is -2.48. The Bertz CT molecular complexity index is 860. The van der Waals surface area contributed by atoms with Gasteiger partial charge in [-0.2, -0.15) is 13.2 Å². The zero-order valence-electron chi connectivity index (χ0n) is 16.1. The molecule has 2 atom stereocenters. The first-order chi connectivity index (χ1) is 13.7. The minimum Gasteiger partial charge on any atom is -0.352 e. The van der Waals surface area contributed by atoms with Gasteiger partial charge in [-0.25, -0.2) is 9.78 Å². The van der Waals surface area contributed by atoms with Gasteiger partial charge in [-0.3, -0.25) is 0 Å². The van der Waals surface area contributed by atoms with E-state index in [4.69, 9.17) is 11.6 Å². The molecule has 0 aliphatic carbocycles. The lowest BCUT2D eigenvalue weighted by Crippen LogP contribution is -2.55. The topological polar surface area (TPSA) is 48.5 Å². The number of carbonyl (C=O) groups excluding carboxylic acids is 1. The number of halogens is 4. The summed E-state index contributed by atoms with van der Waals surface area (Å²) in [7, 11) is 0. The maximum Gasteiger partial charge on any atom is 0.395 e. The Kier molecular flexibility index (Phi) is 6.21. The first-order valence-electron chi connectivity index (χ1n) is 9.26. The summed E-state index contributed by atoms with van der Waals surface area (Å²) in [5.41, 5.74) is 0.611. The van der Waals surface area contributed by atoms with E-state index < -0.39 is 12.1 Å². The maximum absolute atomic E-state index is 12.8. The molecule has 1 aliphatic rings. The second-order valence-corrected chi connectivity index (χ2v) is 7.52. The van der Waals surface area contributed by atoms with Crippen LogP contribution in [0.25, 0.3) is 0 Å². The molecule has 1 fully saturated rings. The minimum absolute atomic E-state index is 0.0913. The molecule has 1 unspecified atom stereocenters. The van der Waals surface area contributed by atoms with Crippen LogP contribution in [0.3, 0.4) is 0 Å². The number of benzene rings is 1. The van der Waals surface area contributed by atoms with Crippen LogP contribution in [0.15, 0.2) is 42.6 Å². The molecule has 9 heteroatoms. The van der Waals surface area contributed by atoms with Crippen LogP contribution in [0.2, 0.25) is 5.02 Å². The van der Waals surface area contributed by atoms with Gasteiger partial charge in [-0.1, -0.05) is 23.7 Å². The van der Waals surface area contributed by atoms with Crippen molar-refractivity contribution in [1.82, 2.24) is 9.88 Å². The molecule has 1 saturated heterocycles. The molecule has 2 aromatic rings. The SMILES string of the molecule is CC(c1ccc(NC(=O)N2CCN(c3ncccc3Cl)C[C@H]2C)cc1)C(F)(F)F. The number of anilines is 2. The van der Waals surface area contributed by atoms with Crippen LogP contribution < -0.4 is 10.2 Å². The molecule has 0 saturated carbocycles. The zero-order valence-corrected chi connectivity index (χ0v) is 16.8. The van der Waals surface area contributed by atoms with Gasteiger partial charge in [0.15, 0.2) is 0 Å². The van der Waals surface area contributed by atoms with Crippen LogP contribution in [0.4, 0.5) is 29.5 Å². The van der Waals surface area contributed by atoms with Crippen LogP contribution in [0.1, 0.15) is 25.3 Å². The third kappa shape index (κ3) is 4.93. The van der Waals surface area contributed by atoms with Gasteiger partial charge in [0.25, 0.3) is 0 Å². The molecule has 0 spiro atoms. The molecule has 3 rings (SSSR count). The highest BCUT2D eigenvalue weighted by Crippen LogP contribution is 2.34. The van der Waals surface area contributed by atoms with Crippen LogP contribution in [0.5, 0.6) is 0 Å². The van der Waals surface area contributed by atoms with Crippen LogP contribution >= 0.6 is 11.6 Å². The van der Waals surface area contributed by atoms with Gasteiger partial charge < -0.3 is 15.1 Å². The van der Waals surface area contributed by atoms with Crippen molar-refractivity contribution in [2.45, 2.75) is 32.0 Å². The predicted molar refractivity (Wildman–Crippen MR) is 108 cm³/mol. The molecule has 1 aliphatic heterocycles. The molecule has 156 valence electrons. The van der Waals surface area contributed by atoms with E-state index in [1.54, 1.807) is 23.2 Å². The number of amides is 2. The molecule has 1 N–H and O–H groups in total. The van der Waals surface area contributed by atoms with Crippen LogP contribution in [-0.2, 0) is 0 Å². The van der Waals surface area contributed by atoms with E-state index in [1.165, 1.54) is 24.3 Å². The summed E-state index contributed by atoms with van der Waals surface area (Å²) in [5, 5.41) is 3.32. The molecule has 2 heterocycles. The summed E-state index contributed by atoms with van der Waals surface area (Å²) in [6.45, 7) is 4.67. The largest absolute Gasteiger partial charge is 0.395 e. The second-order valence-electron chi connectivity index (χ2n) is 7.11. The number of hydrogen-bond acceptors (Lipinski definition) is 3. The highest BCUT2D eigenvalue weighted by atomic mass is 35.5. The molecule has 0 radical (unpaired) electrons. The summed E-state index contributed by atoms with van der Waals surface area (Å²) in [6, 6.07) is 8.91. The minimum atomic E-state index is -4.30. The first kappa shape index (κ1) is 21.2. The zero-order chi connectivity index (χ0) is 21.2. The molecular weight excluding hydrogens is 405 g/mol. The van der Waals surface area contributed by atoms with Crippen molar-refractivity contribution < 1.29 is 18.0 Å². The van der Waals surface area contributed by atoms with Crippen molar-refractivity contribution in [2.75, 3.05) is 29.9 Å². The standard InChI is InChI=1S/C20H22ClF3N4O/c1-13-12-27(18-17(21)4-3-9-25-18)10-11-28(13)19(29)26-16-7-5-15(6-8-16)14(2)20(22,23)24/h3-9,13-14H,10-12H2,1-2H3,(H,26,29)/t13-,14?/m1/s1. The second kappa shape index (κ2) is 8.49. The van der Waals surface area contributed by atoms with Crippen molar-refractivity contribution >= 4 is 29.1 Å². The summed E-state index contributed by atoms with van der Waals surface area (Å²) < 4.78 is 38.5. The molecule has 1 aromatic heterocycles. The summed E-state index contributed by atoms with van der Waals surface area (Å²) in [6.07, 6.45) is -2.62. The lowest BCUT2D eigenvalue weighted by atomic mass is 10.0. The summed E-state index contributed by atoms with van der Waals surface area (Å²) >= 11 is 6.21. The number of nitrogens with zero attached hydrogens (tertiary/aromatic N) is 3. The summed E-state index contributed by atoms with van der Waals surface area (Å²) in [4.78, 5) is 20.7. The number of piperazine rings is 1. The fourth-order valence-electron chi connectivity index (χ4n) is 3.30. The van der Waals surface area contributed by atoms with Crippen molar-refractivity contribution in [3.8, 4) is 0 Å². The molecule has 29 heavy (non-hydrogen) atoms. The van der Waals surface area contributed by atoms with E-state index >= 15 is 0 Å². The van der Waals surface area contributed by atoms with E-state index in [2.05, 4.69) is 10.3 Å². The van der Waals surface area contributed by atoms with Crippen LogP contribution in [-0.4, -0.2) is 47.8 Å². The van der Waals surface area contributed by atoms with Gasteiger partial charge in [0.2, 0.25) is 0 Å². The Morgan fingerprint density at radius 3 is 2.52 bits per heavy atom. The number of carbonyl (C=O) groups is 1. The monoisotopic (exact) mass is 426 g/mol. The molecule has 2 amide bonds. The average Bonchev–Trinajstić information content (AvgIpc) is 2.67. The van der Waals surface area contributed by atoms with E-state index in [1.807, 2.05) is 11.8 Å². The van der Waals surface area contributed by atoms with Crippen molar-refractivity contribution in [3.63, 3.8) is 0 Å². The lowest BCUT2D eigenvalue weighted by Gasteiger charge is -2.40. The number of alkyl halides is 3. The highest BCUT2D eigenvalue weighted by molar-refractivity contribution is 6.32. The van der Waals surface area contributed by atoms with Crippen molar-refractivity contribution in [3.05, 3.63) is 53.2 Å². The Balaban J connectivity index is 1.61. The van der Waals surface area contributed by atoms with Gasteiger partial charge in [0.05, 0.1) is 10.9 Å². The number of urea groups is 1. The highest BCUT2D eigenvalue weighted by Gasteiger charge is 2.37. The Morgan fingerprint density at radius 2 is 1.93 bits per heavy atom. The number of nitrogens with one attached hydrogen (secondary N) is 1. The Labute approximate surface area is 172 Å². The molecule has 0 bridgehead atoms. The van der Waals surface area contributed by atoms with Crippen LogP contribution in [0, 0.1) is 0 Å². The molecule has 5 nitrogen and oxygen atoms in total. The number of pyridine rings is 1. The molecular formula is C20H22ClF3N4O. The van der Waals surface area contributed by atoms with Gasteiger partial charge in [-0.05, 0) is 43.7 Å². The van der Waals surface area contributed by atoms with Gasteiger partial charge >= 0.3 is 12.2 Å². The van der Waals surface area contributed by atoms with Crippen molar-refractivity contribution in [1.29, 1.82) is 0 Å². The Morgan fingerprint density at radius 1 is 1.24 bits per heavy atom. The van der Waals surface area contributed by atoms with Crippen molar-refractivity contribution in [2.24, 2.45) is 0 Å². The summed E-state index contributed by atoms with van der Waals surface area (Å²) in [5.74, 6) is -0.866. The molecule has 1 aromatic carbocycles. The van der Waals surface area contributed by atoms with Gasteiger partial charge in [-0.15, -0.1) is 0 Å². The predicted octanol–water partition coefficient (Wildman–Crippen LogP) is 5.14. The third-order valence-electron chi connectivity index (χ3n) is 5.08. The van der Waals surface area contributed by atoms with E-state index in [9.17, 15) is 18.0 Å². The number of hydrogen-bond donors (Lipinski definition) is 1. The maximum atomic E-state index is 12.8. The average molecular weight is 427 g/mol. The van der Waals surface area contributed by atoms with E-state index in [0.29, 0.717) is 36.2 Å². The van der Waals surface area contributed by atoms with E-state index in [0.717, 1.165) is 6.92 Å². The first-order valence-corrected chi connectivity index (χ1v) is 9.64.